The van der Waals surface area contributed by atoms with Crippen molar-refractivity contribution in [2.45, 2.75) is 6.92 Å². The Labute approximate surface area is 156 Å². The molecule has 0 bridgehead atoms. The van der Waals surface area contributed by atoms with Crippen LogP contribution >= 0.6 is 11.6 Å². The zero-order chi connectivity index (χ0) is 18.7. The molecule has 2 aromatic carbocycles. The van der Waals surface area contributed by atoms with Gasteiger partial charge < -0.3 is 14.8 Å². The first-order valence-electron chi connectivity index (χ1n) is 7.87. The Balaban J connectivity index is 1.86. The van der Waals surface area contributed by atoms with Crippen molar-refractivity contribution in [3.8, 4) is 22.8 Å². The minimum Gasteiger partial charge on any atom is -0.497 e. The van der Waals surface area contributed by atoms with Gasteiger partial charge in [-0.2, -0.15) is 5.10 Å². The number of nitrogens with zero attached hydrogens (tertiary/aromatic N) is 1. The summed E-state index contributed by atoms with van der Waals surface area (Å²) in [6.45, 7) is 1.85. The maximum absolute atomic E-state index is 12.5. The van der Waals surface area contributed by atoms with Gasteiger partial charge in [-0.15, -0.1) is 0 Å². The summed E-state index contributed by atoms with van der Waals surface area (Å²) < 4.78 is 10.6. The fourth-order valence-corrected chi connectivity index (χ4v) is 2.69. The molecule has 0 atom stereocenters. The molecule has 3 rings (SSSR count). The maximum Gasteiger partial charge on any atom is 0.273 e. The van der Waals surface area contributed by atoms with E-state index < -0.39 is 0 Å². The minimum absolute atomic E-state index is 0.304. The number of aromatic nitrogens is 2. The Morgan fingerprint density at radius 3 is 2.69 bits per heavy atom. The number of carbonyl (C=O) groups excluding carboxylic acids is 1. The molecule has 134 valence electrons. The average Bonchev–Trinajstić information content (AvgIpc) is 3.15. The molecule has 0 saturated carbocycles. The van der Waals surface area contributed by atoms with Crippen molar-refractivity contribution >= 4 is 23.2 Å². The zero-order valence-corrected chi connectivity index (χ0v) is 15.3. The number of nitrogens with one attached hydrogen (secondary N) is 2. The van der Waals surface area contributed by atoms with Gasteiger partial charge in [-0.25, -0.2) is 0 Å². The lowest BCUT2D eigenvalue weighted by Crippen LogP contribution is -2.13. The Morgan fingerprint density at radius 2 is 1.96 bits per heavy atom. The van der Waals surface area contributed by atoms with Gasteiger partial charge in [0.1, 0.15) is 17.2 Å². The van der Waals surface area contributed by atoms with Gasteiger partial charge in [0.25, 0.3) is 5.91 Å². The van der Waals surface area contributed by atoms with E-state index in [1.807, 2.05) is 19.1 Å². The second kappa shape index (κ2) is 7.49. The van der Waals surface area contributed by atoms with Crippen LogP contribution in [0.5, 0.6) is 11.5 Å². The van der Waals surface area contributed by atoms with Crippen molar-refractivity contribution in [1.29, 1.82) is 0 Å². The molecule has 1 heterocycles. The lowest BCUT2D eigenvalue weighted by molar-refractivity contribution is 0.102. The third kappa shape index (κ3) is 3.50. The van der Waals surface area contributed by atoms with Crippen molar-refractivity contribution in [3.63, 3.8) is 0 Å². The van der Waals surface area contributed by atoms with E-state index >= 15 is 0 Å². The standard InChI is InChI=1S/C19H18ClN3O3/c1-11-14(20)5-4-6-15(11)21-19(24)17-10-16(22-23-17)13-8-7-12(25-2)9-18(13)26-3/h4-10H,1-3H3,(H,21,24)(H,22,23). The van der Waals surface area contributed by atoms with Crippen LogP contribution in [0.25, 0.3) is 11.3 Å². The number of aromatic amines is 1. The number of ether oxygens (including phenoxy) is 2. The molecule has 2 N–H and O–H groups in total. The van der Waals surface area contributed by atoms with Gasteiger partial charge in [0.2, 0.25) is 0 Å². The molecule has 0 unspecified atom stereocenters. The lowest BCUT2D eigenvalue weighted by Gasteiger charge is -2.08. The molecule has 1 aromatic heterocycles. The van der Waals surface area contributed by atoms with E-state index in [1.54, 1.807) is 44.6 Å². The van der Waals surface area contributed by atoms with Crippen LogP contribution in [0.15, 0.2) is 42.5 Å². The van der Waals surface area contributed by atoms with E-state index in [0.29, 0.717) is 33.6 Å². The molecule has 0 fully saturated rings. The molecule has 6 nitrogen and oxygen atoms in total. The van der Waals surface area contributed by atoms with E-state index in [4.69, 9.17) is 21.1 Å². The number of H-pyrrole nitrogens is 1. The van der Waals surface area contributed by atoms with Crippen molar-refractivity contribution in [3.05, 3.63) is 58.7 Å². The normalized spacial score (nSPS) is 10.5. The molecular formula is C19H18ClN3O3. The highest BCUT2D eigenvalue weighted by atomic mass is 35.5. The summed E-state index contributed by atoms with van der Waals surface area (Å²) in [7, 11) is 3.16. The number of anilines is 1. The monoisotopic (exact) mass is 371 g/mol. The molecule has 0 saturated heterocycles. The van der Waals surface area contributed by atoms with Crippen LogP contribution < -0.4 is 14.8 Å². The number of rotatable bonds is 5. The molecule has 7 heteroatoms. The second-order valence-corrected chi connectivity index (χ2v) is 6.01. The van der Waals surface area contributed by atoms with E-state index in [1.165, 1.54) is 0 Å². The Hall–Kier alpha value is -2.99. The SMILES string of the molecule is COc1ccc(-c2cc(C(=O)Nc3cccc(Cl)c3C)[nH]n2)c(OC)c1. The fourth-order valence-electron chi connectivity index (χ4n) is 2.52. The van der Waals surface area contributed by atoms with Crippen LogP contribution in [0.4, 0.5) is 5.69 Å². The molecule has 0 radical (unpaired) electrons. The summed E-state index contributed by atoms with van der Waals surface area (Å²) in [5.41, 5.74) is 3.14. The van der Waals surface area contributed by atoms with E-state index in [0.717, 1.165) is 11.1 Å². The fraction of sp³-hybridized carbons (Fsp3) is 0.158. The van der Waals surface area contributed by atoms with Gasteiger partial charge >= 0.3 is 0 Å². The van der Waals surface area contributed by atoms with Crippen molar-refractivity contribution in [2.24, 2.45) is 0 Å². The van der Waals surface area contributed by atoms with Crippen molar-refractivity contribution in [1.82, 2.24) is 10.2 Å². The number of carbonyl (C=O) groups is 1. The van der Waals surface area contributed by atoms with Crippen LogP contribution in [0, 0.1) is 6.92 Å². The number of methoxy groups -OCH3 is 2. The third-order valence-electron chi connectivity index (χ3n) is 4.02. The van der Waals surface area contributed by atoms with E-state index in [2.05, 4.69) is 15.5 Å². The summed E-state index contributed by atoms with van der Waals surface area (Å²) in [4.78, 5) is 12.5. The molecular weight excluding hydrogens is 354 g/mol. The van der Waals surface area contributed by atoms with E-state index in [-0.39, 0.29) is 5.91 Å². The highest BCUT2D eigenvalue weighted by Crippen LogP contribution is 2.32. The van der Waals surface area contributed by atoms with Crippen LogP contribution in [-0.2, 0) is 0 Å². The first kappa shape index (κ1) is 17.8. The summed E-state index contributed by atoms with van der Waals surface area (Å²) in [5, 5.41) is 10.4. The second-order valence-electron chi connectivity index (χ2n) is 5.60. The number of benzene rings is 2. The smallest absolute Gasteiger partial charge is 0.273 e. The van der Waals surface area contributed by atoms with Gasteiger partial charge in [-0.3, -0.25) is 9.89 Å². The Morgan fingerprint density at radius 1 is 1.15 bits per heavy atom. The summed E-state index contributed by atoms with van der Waals surface area (Å²) >= 11 is 6.09. The maximum atomic E-state index is 12.5. The molecule has 26 heavy (non-hydrogen) atoms. The van der Waals surface area contributed by atoms with Crippen LogP contribution in [0.1, 0.15) is 16.1 Å². The molecule has 3 aromatic rings. The van der Waals surface area contributed by atoms with Crippen molar-refractivity contribution < 1.29 is 14.3 Å². The van der Waals surface area contributed by atoms with Gasteiger partial charge in [-0.1, -0.05) is 17.7 Å². The topological polar surface area (TPSA) is 76.2 Å². The lowest BCUT2D eigenvalue weighted by atomic mass is 10.1. The predicted molar refractivity (Wildman–Crippen MR) is 101 cm³/mol. The predicted octanol–water partition coefficient (Wildman–Crippen LogP) is 4.31. The third-order valence-corrected chi connectivity index (χ3v) is 4.43. The van der Waals surface area contributed by atoms with Crippen LogP contribution in [0.2, 0.25) is 5.02 Å². The summed E-state index contributed by atoms with van der Waals surface area (Å²) in [6, 6.07) is 12.4. The molecule has 1 amide bonds. The quantitative estimate of drug-likeness (QED) is 0.700. The number of amides is 1. The summed E-state index contributed by atoms with van der Waals surface area (Å²) in [6.07, 6.45) is 0. The first-order valence-corrected chi connectivity index (χ1v) is 8.25. The molecule has 0 aliphatic carbocycles. The van der Waals surface area contributed by atoms with Gasteiger partial charge in [0, 0.05) is 22.3 Å². The molecule has 0 spiro atoms. The Bertz CT molecular complexity index is 953. The number of hydrogen-bond donors (Lipinski definition) is 2. The number of hydrogen-bond acceptors (Lipinski definition) is 4. The molecule has 0 aliphatic heterocycles. The zero-order valence-electron chi connectivity index (χ0n) is 14.6. The van der Waals surface area contributed by atoms with Crippen LogP contribution in [-0.4, -0.2) is 30.3 Å². The van der Waals surface area contributed by atoms with E-state index in [9.17, 15) is 4.79 Å². The largest absolute Gasteiger partial charge is 0.497 e. The highest BCUT2D eigenvalue weighted by molar-refractivity contribution is 6.31. The highest BCUT2D eigenvalue weighted by Gasteiger charge is 2.15. The van der Waals surface area contributed by atoms with Crippen LogP contribution in [0.3, 0.4) is 0 Å². The summed E-state index contributed by atoms with van der Waals surface area (Å²) in [5.74, 6) is 0.977. The van der Waals surface area contributed by atoms with Gasteiger partial charge in [-0.05, 0) is 42.8 Å². The minimum atomic E-state index is -0.304. The average molecular weight is 372 g/mol. The number of halogens is 1. The van der Waals surface area contributed by atoms with Gasteiger partial charge in [0.05, 0.1) is 19.9 Å². The van der Waals surface area contributed by atoms with Crippen molar-refractivity contribution in [2.75, 3.05) is 19.5 Å². The molecule has 0 aliphatic rings. The Kier molecular flexibility index (Phi) is 5.14. The van der Waals surface area contributed by atoms with Gasteiger partial charge in [0.15, 0.2) is 0 Å². The first-order chi connectivity index (χ1) is 12.5.